The predicted molar refractivity (Wildman–Crippen MR) is 104 cm³/mol. The number of carbonyl (C=O) groups is 2. The predicted octanol–water partition coefficient (Wildman–Crippen LogP) is 2.78. The van der Waals surface area contributed by atoms with Gasteiger partial charge in [-0.1, -0.05) is 35.3 Å². The second kappa shape index (κ2) is 9.80. The monoisotopic (exact) mass is 409 g/mol. The van der Waals surface area contributed by atoms with Gasteiger partial charge < -0.3 is 14.8 Å². The lowest BCUT2D eigenvalue weighted by Crippen LogP contribution is -2.35. The Kier molecular flexibility index (Phi) is 7.45. The molecule has 0 aliphatic carbocycles. The number of rotatable bonds is 6. The maximum Gasteiger partial charge on any atom is 0.329 e. The van der Waals surface area contributed by atoms with Gasteiger partial charge in [-0.2, -0.15) is 5.10 Å². The number of methoxy groups -OCH3 is 1. The number of halogens is 2. The van der Waals surface area contributed by atoms with Gasteiger partial charge in [-0.05, 0) is 35.4 Å². The third-order valence-corrected chi connectivity index (χ3v) is 3.89. The summed E-state index contributed by atoms with van der Waals surface area (Å²) in [6, 6.07) is 10.5. The van der Waals surface area contributed by atoms with E-state index in [0.29, 0.717) is 27.1 Å². The van der Waals surface area contributed by atoms with Gasteiger partial charge in [-0.3, -0.25) is 9.59 Å². The number of likely N-dealkylation sites (N-methyl/N-ethyl adjacent to an activating group) is 1. The van der Waals surface area contributed by atoms with Crippen molar-refractivity contribution >= 4 is 41.2 Å². The van der Waals surface area contributed by atoms with Crippen LogP contribution in [0.2, 0.25) is 10.0 Å². The van der Waals surface area contributed by atoms with E-state index in [4.69, 9.17) is 32.7 Å². The van der Waals surface area contributed by atoms with E-state index in [9.17, 15) is 9.59 Å². The average Bonchev–Trinajstić information content (AvgIpc) is 2.67. The lowest BCUT2D eigenvalue weighted by Gasteiger charge is -2.13. The number of hydrogen-bond acceptors (Lipinski definition) is 5. The summed E-state index contributed by atoms with van der Waals surface area (Å²) in [5, 5.41) is 6.84. The molecule has 27 heavy (non-hydrogen) atoms. The van der Waals surface area contributed by atoms with E-state index >= 15 is 0 Å². The van der Waals surface area contributed by atoms with Crippen LogP contribution in [0.15, 0.2) is 41.5 Å². The molecule has 142 valence electrons. The Morgan fingerprint density at radius 2 is 1.85 bits per heavy atom. The molecule has 0 aliphatic rings. The summed E-state index contributed by atoms with van der Waals surface area (Å²) < 4.78 is 11.1. The summed E-state index contributed by atoms with van der Waals surface area (Å²) >= 11 is 12.1. The Morgan fingerprint density at radius 1 is 1.15 bits per heavy atom. The zero-order valence-electron chi connectivity index (χ0n) is 14.6. The fraction of sp³-hybridized carbons (Fsp3) is 0.167. The van der Waals surface area contributed by atoms with Crippen molar-refractivity contribution in [1.29, 1.82) is 0 Å². The first-order valence-electron chi connectivity index (χ1n) is 7.74. The molecule has 2 N–H and O–H groups in total. The van der Waals surface area contributed by atoms with E-state index in [1.54, 1.807) is 24.3 Å². The van der Waals surface area contributed by atoms with Crippen LogP contribution in [-0.2, 0) is 16.2 Å². The molecule has 2 aromatic carbocycles. The van der Waals surface area contributed by atoms with Crippen molar-refractivity contribution in [2.75, 3.05) is 14.2 Å². The van der Waals surface area contributed by atoms with Crippen LogP contribution in [0, 0.1) is 0 Å². The minimum absolute atomic E-state index is 0.281. The molecular weight excluding hydrogens is 393 g/mol. The molecule has 0 aromatic heterocycles. The van der Waals surface area contributed by atoms with E-state index < -0.39 is 11.8 Å². The molecule has 0 radical (unpaired) electrons. The summed E-state index contributed by atoms with van der Waals surface area (Å²) in [7, 11) is 2.83. The maximum atomic E-state index is 11.3. The van der Waals surface area contributed by atoms with Gasteiger partial charge in [0.2, 0.25) is 0 Å². The molecule has 9 heteroatoms. The summed E-state index contributed by atoms with van der Waals surface area (Å²) in [6.07, 6.45) is 1.33. The Labute approximate surface area is 166 Å². The minimum Gasteiger partial charge on any atom is -0.493 e. The smallest absolute Gasteiger partial charge is 0.329 e. The van der Waals surface area contributed by atoms with Crippen LogP contribution in [-0.4, -0.2) is 32.2 Å². The van der Waals surface area contributed by atoms with Crippen molar-refractivity contribution in [1.82, 2.24) is 10.7 Å². The molecule has 0 saturated heterocycles. The van der Waals surface area contributed by atoms with Gasteiger partial charge in [0.1, 0.15) is 6.61 Å². The van der Waals surface area contributed by atoms with Crippen LogP contribution in [0.25, 0.3) is 0 Å². The minimum atomic E-state index is -0.880. The molecule has 0 bridgehead atoms. The molecule has 7 nitrogen and oxygen atoms in total. The van der Waals surface area contributed by atoms with Gasteiger partial charge in [0, 0.05) is 12.1 Å². The summed E-state index contributed by atoms with van der Waals surface area (Å²) in [6.45, 7) is 0.281. The van der Waals surface area contributed by atoms with Crippen molar-refractivity contribution in [3.8, 4) is 11.5 Å². The Bertz CT molecular complexity index is 854. The first kappa shape index (κ1) is 20.5. The zero-order valence-corrected chi connectivity index (χ0v) is 16.1. The van der Waals surface area contributed by atoms with Gasteiger partial charge in [-0.25, -0.2) is 5.43 Å². The van der Waals surface area contributed by atoms with Crippen LogP contribution in [0.1, 0.15) is 11.1 Å². The van der Waals surface area contributed by atoms with Crippen LogP contribution < -0.4 is 20.2 Å². The second-order valence-corrected chi connectivity index (χ2v) is 6.07. The third kappa shape index (κ3) is 5.87. The number of amides is 2. The van der Waals surface area contributed by atoms with E-state index in [1.165, 1.54) is 20.4 Å². The van der Waals surface area contributed by atoms with Gasteiger partial charge in [-0.15, -0.1) is 0 Å². The van der Waals surface area contributed by atoms with E-state index in [2.05, 4.69) is 15.8 Å². The lowest BCUT2D eigenvalue weighted by atomic mass is 10.2. The average molecular weight is 410 g/mol. The van der Waals surface area contributed by atoms with E-state index in [1.807, 2.05) is 12.1 Å². The normalized spacial score (nSPS) is 10.5. The molecule has 0 spiro atoms. The van der Waals surface area contributed by atoms with E-state index in [-0.39, 0.29) is 6.61 Å². The first-order chi connectivity index (χ1) is 12.9. The second-order valence-electron chi connectivity index (χ2n) is 5.23. The maximum absolute atomic E-state index is 11.3. The number of ether oxygens (including phenoxy) is 2. The van der Waals surface area contributed by atoms with Crippen LogP contribution in [0.5, 0.6) is 11.5 Å². The highest BCUT2D eigenvalue weighted by Crippen LogP contribution is 2.36. The molecule has 2 aromatic rings. The SMILES string of the molecule is CNC(=O)C(=O)N/N=C\c1cc(Cl)c(OCc2ccc(Cl)cc2)c(OC)c1. The van der Waals surface area contributed by atoms with Crippen molar-refractivity contribution in [2.45, 2.75) is 6.61 Å². The number of hydrazone groups is 1. The molecule has 0 heterocycles. The number of nitrogens with zero attached hydrogens (tertiary/aromatic N) is 1. The van der Waals surface area contributed by atoms with Crippen molar-refractivity contribution in [3.05, 3.63) is 57.6 Å². The van der Waals surface area contributed by atoms with Crippen molar-refractivity contribution in [3.63, 3.8) is 0 Å². The highest BCUT2D eigenvalue weighted by atomic mass is 35.5. The molecule has 0 atom stereocenters. The Balaban J connectivity index is 2.10. The molecule has 0 saturated carbocycles. The highest BCUT2D eigenvalue weighted by molar-refractivity contribution is 6.35. The number of benzene rings is 2. The fourth-order valence-corrected chi connectivity index (χ4v) is 2.42. The molecule has 0 fully saturated rings. The molecule has 2 rings (SSSR count). The summed E-state index contributed by atoms with van der Waals surface area (Å²) in [5.74, 6) is -0.903. The molecule has 0 aliphatic heterocycles. The summed E-state index contributed by atoms with van der Waals surface area (Å²) in [4.78, 5) is 22.4. The van der Waals surface area contributed by atoms with Gasteiger partial charge in [0.05, 0.1) is 18.3 Å². The van der Waals surface area contributed by atoms with Crippen molar-refractivity contribution in [2.24, 2.45) is 5.10 Å². The number of nitrogens with one attached hydrogen (secondary N) is 2. The van der Waals surface area contributed by atoms with E-state index in [0.717, 1.165) is 5.56 Å². The zero-order chi connectivity index (χ0) is 19.8. The fourth-order valence-electron chi connectivity index (χ4n) is 2.02. The summed E-state index contributed by atoms with van der Waals surface area (Å²) in [5.41, 5.74) is 3.56. The standard InChI is InChI=1S/C18H17Cl2N3O4/c1-21-17(24)18(25)23-22-9-12-7-14(20)16(15(8-12)26-2)27-10-11-3-5-13(19)6-4-11/h3-9H,10H2,1-2H3,(H,21,24)(H,23,25)/b22-9-. The lowest BCUT2D eigenvalue weighted by molar-refractivity contribution is -0.138. The van der Waals surface area contributed by atoms with Gasteiger partial charge in [0.25, 0.3) is 0 Å². The quantitative estimate of drug-likeness (QED) is 0.436. The van der Waals surface area contributed by atoms with Crippen molar-refractivity contribution < 1.29 is 19.1 Å². The molecule has 0 unspecified atom stereocenters. The third-order valence-electron chi connectivity index (χ3n) is 3.36. The Hall–Kier alpha value is -2.77. The highest BCUT2D eigenvalue weighted by Gasteiger charge is 2.13. The number of hydrogen-bond donors (Lipinski definition) is 2. The molecular formula is C18H17Cl2N3O4. The van der Waals surface area contributed by atoms with Gasteiger partial charge >= 0.3 is 11.8 Å². The number of carbonyl (C=O) groups excluding carboxylic acids is 2. The van der Waals surface area contributed by atoms with Crippen LogP contribution >= 0.6 is 23.2 Å². The van der Waals surface area contributed by atoms with Gasteiger partial charge in [0.15, 0.2) is 11.5 Å². The topological polar surface area (TPSA) is 89.0 Å². The van der Waals surface area contributed by atoms with Crippen LogP contribution in [0.3, 0.4) is 0 Å². The molecule has 2 amide bonds. The first-order valence-corrected chi connectivity index (χ1v) is 8.50. The Morgan fingerprint density at radius 3 is 2.48 bits per heavy atom. The van der Waals surface area contributed by atoms with Crippen LogP contribution in [0.4, 0.5) is 0 Å². The largest absolute Gasteiger partial charge is 0.493 e.